The van der Waals surface area contributed by atoms with Crippen LogP contribution in [-0.2, 0) is 14.9 Å². The van der Waals surface area contributed by atoms with Crippen molar-refractivity contribution in [1.82, 2.24) is 4.72 Å². The van der Waals surface area contributed by atoms with Crippen LogP contribution in [0.2, 0.25) is 5.02 Å². The lowest BCUT2D eigenvalue weighted by atomic mass is 9.85. The highest BCUT2D eigenvalue weighted by atomic mass is 35.5. The first kappa shape index (κ1) is 15.8. The van der Waals surface area contributed by atoms with Crippen molar-refractivity contribution >= 4 is 33.5 Å². The molecule has 0 saturated heterocycles. The fourth-order valence-electron chi connectivity index (χ4n) is 1.84. The normalized spacial score (nSPS) is 21.0. The molecule has 0 aliphatic carbocycles. The smallest absolute Gasteiger partial charge is 0.347 e. The maximum atomic E-state index is 11.5. The van der Waals surface area contributed by atoms with Crippen LogP contribution in [0.4, 0.5) is 0 Å². The minimum atomic E-state index is -3.80. The molecule has 0 aromatic carbocycles. The zero-order chi connectivity index (χ0) is 15.8. The third-order valence-electron chi connectivity index (χ3n) is 2.76. The predicted molar refractivity (Wildman–Crippen MR) is 79.8 cm³/mol. The van der Waals surface area contributed by atoms with Crippen LogP contribution in [0.3, 0.4) is 0 Å². The van der Waals surface area contributed by atoms with Gasteiger partial charge in [-0.15, -0.1) is 4.40 Å². The monoisotopic (exact) mass is 333 g/mol. The summed E-state index contributed by atoms with van der Waals surface area (Å²) < 4.78 is 38.9. The summed E-state index contributed by atoms with van der Waals surface area (Å²) in [6.45, 7) is 5.85. The van der Waals surface area contributed by atoms with Crippen LogP contribution in [0.25, 0.3) is 0 Å². The van der Waals surface area contributed by atoms with Crippen LogP contribution >= 0.6 is 11.6 Å². The first-order chi connectivity index (χ1) is 9.62. The Bertz CT molecular complexity index is 700. The van der Waals surface area contributed by atoms with Crippen molar-refractivity contribution in [3.05, 3.63) is 23.1 Å². The van der Waals surface area contributed by atoms with E-state index in [4.69, 9.17) is 20.8 Å². The Balaban J connectivity index is 2.45. The summed E-state index contributed by atoms with van der Waals surface area (Å²) in [6.07, 6.45) is 1.40. The van der Waals surface area contributed by atoms with Gasteiger partial charge >= 0.3 is 10.2 Å². The fourth-order valence-corrected chi connectivity index (χ4v) is 2.80. The zero-order valence-corrected chi connectivity index (χ0v) is 13.6. The quantitative estimate of drug-likeness (QED) is 0.898. The molecule has 1 N–H and O–H groups in total. The SMILES string of the molecule is COC1=NS(=O)(=O)NC1=N[C@@H](c1cc(Cl)co1)C(C)(C)C. The molecule has 1 aromatic rings. The lowest BCUT2D eigenvalue weighted by Crippen LogP contribution is -2.30. The molecule has 0 fully saturated rings. The van der Waals surface area contributed by atoms with Crippen molar-refractivity contribution in [3.8, 4) is 0 Å². The number of rotatable bonds is 2. The van der Waals surface area contributed by atoms with Crippen molar-refractivity contribution in [2.24, 2.45) is 14.8 Å². The van der Waals surface area contributed by atoms with Gasteiger partial charge in [0, 0.05) is 6.07 Å². The number of aliphatic imine (C=N–C) groups is 1. The Morgan fingerprint density at radius 2 is 2.14 bits per heavy atom. The summed E-state index contributed by atoms with van der Waals surface area (Å²) in [5.41, 5.74) is -0.332. The molecule has 2 heterocycles. The minimum Gasteiger partial charge on any atom is -0.478 e. The van der Waals surface area contributed by atoms with Crippen LogP contribution < -0.4 is 4.72 Å². The summed E-state index contributed by atoms with van der Waals surface area (Å²) in [5, 5.41) is 0.451. The Hall–Kier alpha value is -1.54. The van der Waals surface area contributed by atoms with E-state index in [1.54, 1.807) is 6.07 Å². The Kier molecular flexibility index (Phi) is 4.03. The molecule has 0 spiro atoms. The molecular formula is C12H16ClN3O4S. The standard InChI is InChI=1S/C12H16ClN3O4S/c1-12(2,3)9(8-5-7(13)6-20-8)14-10-11(19-4)16-21(17,18)15-10/h5-6,9H,1-4H3,(H,14,15)/t9-/m0/s1. The van der Waals surface area contributed by atoms with E-state index >= 15 is 0 Å². The molecular weight excluding hydrogens is 318 g/mol. The third-order valence-corrected chi connectivity index (χ3v) is 3.82. The second-order valence-corrected chi connectivity index (χ2v) is 7.36. The molecule has 0 radical (unpaired) electrons. The van der Waals surface area contributed by atoms with E-state index in [0.29, 0.717) is 10.8 Å². The highest BCUT2D eigenvalue weighted by molar-refractivity contribution is 7.89. The Morgan fingerprint density at radius 1 is 1.48 bits per heavy atom. The van der Waals surface area contributed by atoms with Crippen LogP contribution in [0, 0.1) is 5.41 Å². The number of halogens is 1. The van der Waals surface area contributed by atoms with Gasteiger partial charge in [0.2, 0.25) is 5.84 Å². The van der Waals surface area contributed by atoms with Crippen LogP contribution in [0.15, 0.2) is 26.1 Å². The van der Waals surface area contributed by atoms with Gasteiger partial charge < -0.3 is 9.15 Å². The molecule has 9 heteroatoms. The van der Waals surface area contributed by atoms with Gasteiger partial charge in [-0.25, -0.2) is 4.72 Å². The van der Waals surface area contributed by atoms with Crippen LogP contribution in [0.1, 0.15) is 32.6 Å². The molecule has 2 rings (SSSR count). The van der Waals surface area contributed by atoms with Crippen molar-refractivity contribution in [2.75, 3.05) is 7.11 Å². The van der Waals surface area contributed by atoms with Gasteiger partial charge in [-0.1, -0.05) is 32.4 Å². The third kappa shape index (κ3) is 3.56. The molecule has 0 bridgehead atoms. The average molecular weight is 334 g/mol. The number of ether oxygens (including phenoxy) is 1. The van der Waals surface area contributed by atoms with Crippen molar-refractivity contribution in [2.45, 2.75) is 26.8 Å². The topological polar surface area (TPSA) is 93.3 Å². The van der Waals surface area contributed by atoms with E-state index in [2.05, 4.69) is 14.1 Å². The summed E-state index contributed by atoms with van der Waals surface area (Å²) in [5.74, 6) is 0.494. The molecule has 1 aliphatic rings. The average Bonchev–Trinajstić information content (AvgIpc) is 2.87. The van der Waals surface area contributed by atoms with Gasteiger partial charge in [0.1, 0.15) is 18.1 Å². The number of amidine groups is 1. The molecule has 1 aromatic heterocycles. The number of nitrogens with one attached hydrogen (secondary N) is 1. The van der Waals surface area contributed by atoms with Gasteiger partial charge in [0.15, 0.2) is 0 Å². The maximum absolute atomic E-state index is 11.5. The number of furan rings is 1. The summed E-state index contributed by atoms with van der Waals surface area (Å²) in [4.78, 5) is 4.40. The summed E-state index contributed by atoms with van der Waals surface area (Å²) >= 11 is 5.87. The van der Waals surface area contributed by atoms with Crippen molar-refractivity contribution in [3.63, 3.8) is 0 Å². The van der Waals surface area contributed by atoms with Gasteiger partial charge in [0.25, 0.3) is 5.90 Å². The lowest BCUT2D eigenvalue weighted by Gasteiger charge is -2.25. The molecule has 7 nitrogen and oxygen atoms in total. The second kappa shape index (κ2) is 5.34. The van der Waals surface area contributed by atoms with E-state index in [1.165, 1.54) is 13.4 Å². The molecule has 116 valence electrons. The molecule has 0 saturated carbocycles. The van der Waals surface area contributed by atoms with Crippen molar-refractivity contribution < 1.29 is 17.6 Å². The van der Waals surface area contributed by atoms with Gasteiger partial charge in [-0.2, -0.15) is 8.42 Å². The van der Waals surface area contributed by atoms with E-state index in [-0.39, 0.29) is 17.1 Å². The first-order valence-electron chi connectivity index (χ1n) is 6.11. The number of hydrogen-bond donors (Lipinski definition) is 1. The van der Waals surface area contributed by atoms with Gasteiger partial charge in [-0.05, 0) is 5.41 Å². The van der Waals surface area contributed by atoms with E-state index in [9.17, 15) is 8.42 Å². The van der Waals surface area contributed by atoms with Crippen molar-refractivity contribution in [1.29, 1.82) is 0 Å². The highest BCUT2D eigenvalue weighted by Gasteiger charge is 2.33. The van der Waals surface area contributed by atoms with E-state index < -0.39 is 16.3 Å². The predicted octanol–water partition coefficient (Wildman–Crippen LogP) is 2.31. The highest BCUT2D eigenvalue weighted by Crippen LogP contribution is 2.38. The number of nitrogens with zero attached hydrogens (tertiary/aromatic N) is 2. The molecule has 0 amide bonds. The second-order valence-electron chi connectivity index (χ2n) is 5.59. The van der Waals surface area contributed by atoms with Crippen LogP contribution in [0.5, 0.6) is 0 Å². The van der Waals surface area contributed by atoms with E-state index in [0.717, 1.165) is 0 Å². The molecule has 0 unspecified atom stereocenters. The Labute approximate surface area is 128 Å². The first-order valence-corrected chi connectivity index (χ1v) is 7.93. The lowest BCUT2D eigenvalue weighted by molar-refractivity contribution is 0.287. The van der Waals surface area contributed by atoms with E-state index in [1.807, 2.05) is 20.8 Å². The zero-order valence-electron chi connectivity index (χ0n) is 12.0. The summed E-state index contributed by atoms with van der Waals surface area (Å²) in [6, 6.07) is 1.19. The minimum absolute atomic E-state index is 0.0462. The molecule has 1 aliphatic heterocycles. The van der Waals surface area contributed by atoms with Gasteiger partial charge in [0.05, 0.1) is 12.1 Å². The molecule has 1 atom stereocenters. The maximum Gasteiger partial charge on any atom is 0.347 e. The van der Waals surface area contributed by atoms with Crippen LogP contribution in [-0.4, -0.2) is 27.3 Å². The summed E-state index contributed by atoms with van der Waals surface area (Å²) in [7, 11) is -2.47. The number of hydrogen-bond acceptors (Lipinski definition) is 5. The largest absolute Gasteiger partial charge is 0.478 e. The Morgan fingerprint density at radius 3 is 2.62 bits per heavy atom. The molecule has 21 heavy (non-hydrogen) atoms. The fraction of sp³-hybridized carbons (Fsp3) is 0.500. The number of methoxy groups -OCH3 is 1. The van der Waals surface area contributed by atoms with Gasteiger partial charge in [-0.3, -0.25) is 4.99 Å².